The molecule has 2 fully saturated rings. The third-order valence-electron chi connectivity index (χ3n) is 5.32. The van der Waals surface area contributed by atoms with Gasteiger partial charge in [-0.1, -0.05) is 25.0 Å². The average Bonchev–Trinajstić information content (AvgIpc) is 3.31. The van der Waals surface area contributed by atoms with E-state index in [1.807, 2.05) is 36.5 Å². The van der Waals surface area contributed by atoms with Crippen molar-refractivity contribution in [2.45, 2.75) is 32.3 Å². The number of imide groups is 1. The van der Waals surface area contributed by atoms with Gasteiger partial charge in [-0.2, -0.15) is 5.10 Å². The van der Waals surface area contributed by atoms with Crippen LogP contribution >= 0.6 is 0 Å². The third-order valence-corrected chi connectivity index (χ3v) is 5.32. The van der Waals surface area contributed by atoms with E-state index in [2.05, 4.69) is 5.10 Å². The SMILES string of the molecule is O=C(CN1C(=O)[C@@H]2CCCC[C@H]2C1=O)OCc1ccc(-n2cccn2)cc1. The number of ether oxygens (including phenoxy) is 1. The van der Waals surface area contributed by atoms with Gasteiger partial charge in [-0.15, -0.1) is 0 Å². The quantitative estimate of drug-likeness (QED) is 0.597. The minimum Gasteiger partial charge on any atom is -0.459 e. The highest BCUT2D eigenvalue weighted by Crippen LogP contribution is 2.37. The van der Waals surface area contributed by atoms with E-state index >= 15 is 0 Å². The van der Waals surface area contributed by atoms with Gasteiger partial charge in [-0.05, 0) is 36.6 Å². The number of benzene rings is 1. The number of nitrogens with zero attached hydrogens (tertiary/aromatic N) is 3. The number of esters is 1. The van der Waals surface area contributed by atoms with Crippen molar-refractivity contribution < 1.29 is 19.1 Å². The Morgan fingerprint density at radius 1 is 1.07 bits per heavy atom. The van der Waals surface area contributed by atoms with Crippen LogP contribution in [0.4, 0.5) is 0 Å². The molecule has 0 bridgehead atoms. The highest BCUT2D eigenvalue weighted by atomic mass is 16.5. The van der Waals surface area contributed by atoms with E-state index in [0.717, 1.165) is 41.8 Å². The summed E-state index contributed by atoms with van der Waals surface area (Å²) in [5.74, 6) is -1.48. The minimum atomic E-state index is -0.563. The summed E-state index contributed by atoms with van der Waals surface area (Å²) in [6.45, 7) is -0.197. The van der Waals surface area contributed by atoms with Gasteiger partial charge in [0.05, 0.1) is 17.5 Å². The number of likely N-dealkylation sites (tertiary alicyclic amines) is 1. The third kappa shape index (κ3) is 3.49. The number of aromatic nitrogens is 2. The fourth-order valence-corrected chi connectivity index (χ4v) is 3.89. The Kier molecular flexibility index (Phi) is 4.75. The fourth-order valence-electron chi connectivity index (χ4n) is 3.89. The lowest BCUT2D eigenvalue weighted by Gasteiger charge is -2.19. The fraction of sp³-hybridized carbons (Fsp3) is 0.400. The smallest absolute Gasteiger partial charge is 0.326 e. The molecular formula is C20H21N3O4. The minimum absolute atomic E-state index is 0.0985. The maximum absolute atomic E-state index is 12.4. The van der Waals surface area contributed by atoms with Crippen molar-refractivity contribution >= 4 is 17.8 Å². The zero-order valence-electron chi connectivity index (χ0n) is 14.9. The number of carbonyl (C=O) groups is 3. The summed E-state index contributed by atoms with van der Waals surface area (Å²) in [5.41, 5.74) is 1.73. The lowest BCUT2D eigenvalue weighted by molar-refractivity contribution is -0.153. The van der Waals surface area contributed by atoms with E-state index < -0.39 is 5.97 Å². The molecule has 1 aromatic carbocycles. The Bertz CT molecular complexity index is 821. The van der Waals surface area contributed by atoms with Gasteiger partial charge in [0.1, 0.15) is 13.2 Å². The maximum atomic E-state index is 12.4. The van der Waals surface area contributed by atoms with Gasteiger partial charge in [0.2, 0.25) is 11.8 Å². The van der Waals surface area contributed by atoms with E-state index in [4.69, 9.17) is 4.74 Å². The van der Waals surface area contributed by atoms with Crippen molar-refractivity contribution in [3.63, 3.8) is 0 Å². The van der Waals surface area contributed by atoms with E-state index in [-0.39, 0.29) is 36.8 Å². The molecule has 7 nitrogen and oxygen atoms in total. The zero-order valence-corrected chi connectivity index (χ0v) is 14.9. The molecule has 7 heteroatoms. The predicted molar refractivity (Wildman–Crippen MR) is 95.5 cm³/mol. The largest absolute Gasteiger partial charge is 0.459 e. The van der Waals surface area contributed by atoms with Crippen LogP contribution in [0.25, 0.3) is 5.69 Å². The second kappa shape index (κ2) is 7.34. The van der Waals surface area contributed by atoms with Crippen molar-refractivity contribution in [3.05, 3.63) is 48.3 Å². The monoisotopic (exact) mass is 367 g/mol. The normalized spacial score (nSPS) is 22.0. The molecule has 1 saturated carbocycles. The molecule has 1 aliphatic carbocycles. The summed E-state index contributed by atoms with van der Waals surface area (Å²) >= 11 is 0. The molecule has 2 aromatic rings. The number of fused-ring (bicyclic) bond motifs is 1. The molecule has 0 radical (unpaired) electrons. The second-order valence-electron chi connectivity index (χ2n) is 7.04. The predicted octanol–water partition coefficient (Wildman–Crippen LogP) is 2.09. The number of carbonyl (C=O) groups excluding carboxylic acids is 3. The number of hydrogen-bond acceptors (Lipinski definition) is 5. The molecule has 1 aliphatic heterocycles. The first-order valence-electron chi connectivity index (χ1n) is 9.23. The van der Waals surface area contributed by atoms with Crippen molar-refractivity contribution in [3.8, 4) is 5.69 Å². The van der Waals surface area contributed by atoms with Crippen molar-refractivity contribution in [2.75, 3.05) is 6.54 Å². The Balaban J connectivity index is 1.32. The Hall–Kier alpha value is -2.96. The average molecular weight is 367 g/mol. The molecule has 0 unspecified atom stereocenters. The Labute approximate surface area is 156 Å². The maximum Gasteiger partial charge on any atom is 0.326 e. The summed E-state index contributed by atoms with van der Waals surface area (Å²) < 4.78 is 7.00. The first-order valence-corrected chi connectivity index (χ1v) is 9.23. The molecule has 1 aromatic heterocycles. The number of hydrogen-bond donors (Lipinski definition) is 0. The van der Waals surface area contributed by atoms with Crippen LogP contribution in [0, 0.1) is 11.8 Å². The first kappa shape index (κ1) is 17.5. The summed E-state index contributed by atoms with van der Waals surface area (Å²) in [4.78, 5) is 38.0. The molecule has 27 heavy (non-hydrogen) atoms. The van der Waals surface area contributed by atoms with Crippen LogP contribution in [0.5, 0.6) is 0 Å². The summed E-state index contributed by atoms with van der Waals surface area (Å²) in [5, 5.41) is 4.15. The number of rotatable bonds is 5. The molecule has 2 heterocycles. The van der Waals surface area contributed by atoms with Crippen molar-refractivity contribution in [1.29, 1.82) is 0 Å². The van der Waals surface area contributed by atoms with Crippen LogP contribution < -0.4 is 0 Å². The number of amides is 2. The molecule has 1 saturated heterocycles. The molecule has 0 N–H and O–H groups in total. The van der Waals surface area contributed by atoms with Crippen LogP contribution in [-0.2, 0) is 25.7 Å². The topological polar surface area (TPSA) is 81.5 Å². The van der Waals surface area contributed by atoms with Gasteiger partial charge in [0.15, 0.2) is 0 Å². The van der Waals surface area contributed by atoms with Gasteiger partial charge in [0.25, 0.3) is 0 Å². The van der Waals surface area contributed by atoms with Gasteiger partial charge in [-0.3, -0.25) is 19.3 Å². The molecule has 2 amide bonds. The van der Waals surface area contributed by atoms with Crippen LogP contribution in [0.1, 0.15) is 31.2 Å². The summed E-state index contributed by atoms with van der Waals surface area (Å²) in [6, 6.07) is 9.31. The van der Waals surface area contributed by atoms with Gasteiger partial charge in [-0.25, -0.2) is 4.68 Å². The Morgan fingerprint density at radius 3 is 2.33 bits per heavy atom. The highest BCUT2D eigenvalue weighted by molar-refractivity contribution is 6.07. The van der Waals surface area contributed by atoms with Gasteiger partial charge < -0.3 is 4.74 Å². The molecule has 140 valence electrons. The van der Waals surface area contributed by atoms with Crippen LogP contribution in [0.2, 0.25) is 0 Å². The first-order chi connectivity index (χ1) is 13.1. The van der Waals surface area contributed by atoms with Crippen LogP contribution in [0.3, 0.4) is 0 Å². The lowest BCUT2D eigenvalue weighted by atomic mass is 9.81. The summed E-state index contributed by atoms with van der Waals surface area (Å²) in [6.07, 6.45) is 6.95. The second-order valence-corrected chi connectivity index (χ2v) is 7.04. The summed E-state index contributed by atoms with van der Waals surface area (Å²) in [7, 11) is 0. The van der Waals surface area contributed by atoms with Crippen LogP contribution in [0.15, 0.2) is 42.7 Å². The molecule has 0 spiro atoms. The standard InChI is InChI=1S/C20H21N3O4/c24-18(12-22-19(25)16-4-1-2-5-17(16)20(22)26)27-13-14-6-8-15(9-7-14)23-11-3-10-21-23/h3,6-11,16-17H,1-2,4-5,12-13H2/t16-,17-/m1/s1. The van der Waals surface area contributed by atoms with E-state index in [9.17, 15) is 14.4 Å². The van der Waals surface area contributed by atoms with Crippen LogP contribution in [-0.4, -0.2) is 39.0 Å². The molecule has 2 atom stereocenters. The molecule has 4 rings (SSSR count). The highest BCUT2D eigenvalue weighted by Gasteiger charge is 2.48. The van der Waals surface area contributed by atoms with Crippen molar-refractivity contribution in [2.24, 2.45) is 11.8 Å². The zero-order chi connectivity index (χ0) is 18.8. The van der Waals surface area contributed by atoms with E-state index in [1.54, 1.807) is 10.9 Å². The van der Waals surface area contributed by atoms with Gasteiger partial charge in [0, 0.05) is 12.4 Å². The van der Waals surface area contributed by atoms with E-state index in [0.29, 0.717) is 0 Å². The lowest BCUT2D eigenvalue weighted by Crippen LogP contribution is -2.36. The van der Waals surface area contributed by atoms with E-state index in [1.165, 1.54) is 0 Å². The van der Waals surface area contributed by atoms with Crippen molar-refractivity contribution in [1.82, 2.24) is 14.7 Å². The molecule has 2 aliphatic rings. The Morgan fingerprint density at radius 2 is 1.74 bits per heavy atom. The van der Waals surface area contributed by atoms with Gasteiger partial charge >= 0.3 is 5.97 Å². The molecular weight excluding hydrogens is 346 g/mol.